The first-order valence-corrected chi connectivity index (χ1v) is 5.49. The Bertz CT molecular complexity index is 831. The highest BCUT2D eigenvalue weighted by Crippen LogP contribution is 2.33. The zero-order valence-corrected chi connectivity index (χ0v) is 9.58. The van der Waals surface area contributed by atoms with E-state index in [9.17, 15) is 19.8 Å². The molecule has 3 rings (SSSR count). The summed E-state index contributed by atoms with van der Waals surface area (Å²) in [5.74, 6) is -0.969. The molecular formula is C14H8O5. The summed E-state index contributed by atoms with van der Waals surface area (Å²) in [6, 6.07) is 8.12. The largest absolute Gasteiger partial charge is 0.508 e. The van der Waals surface area contributed by atoms with Crippen LogP contribution in [0.2, 0.25) is 0 Å². The number of aromatic hydroxyl groups is 1. The monoisotopic (exact) mass is 260 g/mol. The molecule has 5 nitrogen and oxygen atoms in total. The van der Waals surface area contributed by atoms with E-state index in [4.69, 9.17) is 4.42 Å². The van der Waals surface area contributed by atoms with Crippen molar-refractivity contribution in [3.63, 3.8) is 0 Å². The van der Waals surface area contributed by atoms with E-state index in [1.807, 2.05) is 0 Å². The molecule has 0 bridgehead atoms. The summed E-state index contributed by atoms with van der Waals surface area (Å²) in [7, 11) is 0. The van der Waals surface area contributed by atoms with Crippen molar-refractivity contribution >= 4 is 16.9 Å². The zero-order chi connectivity index (χ0) is 13.6. The Kier molecular flexibility index (Phi) is 2.28. The van der Waals surface area contributed by atoms with Crippen LogP contribution in [0.3, 0.4) is 0 Å². The standard InChI is InChI=1S/C14H8O5/c15-7-1-3-9-11(5-7)19-12-6-8(16)2-4-10(12)13(9)14(17)18/h1-6,15H,(H,17,18)/i17+2,18+2. The number of phenolic OH excluding ortho intramolecular Hbond substituents is 1. The molecule has 0 saturated heterocycles. The topological polar surface area (TPSA) is 87.7 Å². The summed E-state index contributed by atoms with van der Waals surface area (Å²) in [6.45, 7) is 0. The first-order valence-electron chi connectivity index (χ1n) is 5.49. The van der Waals surface area contributed by atoms with Gasteiger partial charge in [0.2, 0.25) is 0 Å². The van der Waals surface area contributed by atoms with Crippen LogP contribution in [0.5, 0.6) is 5.75 Å². The van der Waals surface area contributed by atoms with Gasteiger partial charge in [0.25, 0.3) is 0 Å². The minimum absolute atomic E-state index is 0.0368. The van der Waals surface area contributed by atoms with Gasteiger partial charge in [-0.05, 0) is 24.3 Å². The molecule has 0 atom stereocenters. The van der Waals surface area contributed by atoms with Crippen LogP contribution >= 0.6 is 0 Å². The second kappa shape index (κ2) is 3.84. The number of hydrogen-bond acceptors (Lipinski definition) is 4. The van der Waals surface area contributed by atoms with Crippen LogP contribution in [0.4, 0.5) is 0 Å². The fraction of sp³-hybridized carbons (Fsp3) is 0. The van der Waals surface area contributed by atoms with Crippen LogP contribution in [0.1, 0.15) is 10.4 Å². The molecule has 2 N–H and O–H groups in total. The summed E-state index contributed by atoms with van der Waals surface area (Å²) >= 11 is 0. The van der Waals surface area contributed by atoms with Crippen molar-refractivity contribution in [3.8, 4) is 17.1 Å². The third-order valence-corrected chi connectivity index (χ3v) is 2.89. The highest BCUT2D eigenvalue weighted by Gasteiger charge is 2.20. The van der Waals surface area contributed by atoms with E-state index in [0.717, 1.165) is 0 Å². The van der Waals surface area contributed by atoms with Gasteiger partial charge in [-0.25, -0.2) is 4.79 Å². The van der Waals surface area contributed by atoms with Crippen LogP contribution in [-0.2, 0) is 0 Å². The van der Waals surface area contributed by atoms with Gasteiger partial charge in [0.15, 0.2) is 5.43 Å². The molecule has 0 unspecified atom stereocenters. The van der Waals surface area contributed by atoms with Crippen molar-refractivity contribution in [1.29, 1.82) is 0 Å². The van der Waals surface area contributed by atoms with Crippen LogP contribution < -0.4 is 5.43 Å². The van der Waals surface area contributed by atoms with Crippen LogP contribution in [0, 0.1) is 0 Å². The van der Waals surface area contributed by atoms with Crippen molar-refractivity contribution in [2.45, 2.75) is 0 Å². The Hall–Kier alpha value is -2.82. The van der Waals surface area contributed by atoms with Crippen molar-refractivity contribution in [3.05, 3.63) is 52.2 Å². The summed E-state index contributed by atoms with van der Waals surface area (Å²) in [4.78, 5) is 22.7. The van der Waals surface area contributed by atoms with Gasteiger partial charge in [0, 0.05) is 23.1 Å². The van der Waals surface area contributed by atoms with Gasteiger partial charge in [-0.1, -0.05) is 0 Å². The second-order valence-corrected chi connectivity index (χ2v) is 4.12. The summed E-state index contributed by atoms with van der Waals surface area (Å²) < 4.78 is 5.48. The molecule has 94 valence electrons. The Morgan fingerprint density at radius 3 is 2.74 bits per heavy atom. The normalized spacial score (nSPS) is 10.9. The molecule has 0 radical (unpaired) electrons. The van der Waals surface area contributed by atoms with Crippen molar-refractivity contribution in [2.75, 3.05) is 0 Å². The van der Waals surface area contributed by atoms with E-state index in [0.29, 0.717) is 10.9 Å². The van der Waals surface area contributed by atoms with E-state index in [-0.39, 0.29) is 28.1 Å². The molecule has 2 aliphatic rings. The quantitative estimate of drug-likeness (QED) is 0.517. The molecule has 0 aromatic heterocycles. The summed E-state index contributed by atoms with van der Waals surface area (Å²) in [5.41, 5.74) is 0.351. The maximum absolute atomic E-state index is 11.4. The van der Waals surface area contributed by atoms with Gasteiger partial charge in [0.05, 0.1) is 5.56 Å². The minimum Gasteiger partial charge on any atom is -0.508 e. The smallest absolute Gasteiger partial charge is 0.337 e. The number of carboxylic acid groups (broad SMARTS) is 1. The number of carbonyl (C=O) groups is 1. The van der Waals surface area contributed by atoms with Crippen molar-refractivity contribution in [2.24, 2.45) is 0 Å². The van der Waals surface area contributed by atoms with Gasteiger partial charge in [0.1, 0.15) is 17.1 Å². The van der Waals surface area contributed by atoms with Gasteiger partial charge in [-0.3, -0.25) is 4.79 Å². The number of carboxylic acids is 1. The Labute approximate surface area is 106 Å². The first kappa shape index (κ1) is 11.3. The highest BCUT2D eigenvalue weighted by atomic mass is 18.2. The molecule has 0 saturated carbocycles. The third-order valence-electron chi connectivity index (χ3n) is 2.89. The van der Waals surface area contributed by atoms with Gasteiger partial charge in [-0.15, -0.1) is 0 Å². The predicted molar refractivity (Wildman–Crippen MR) is 67.7 cm³/mol. The Morgan fingerprint density at radius 1 is 1.21 bits per heavy atom. The minimum atomic E-state index is -1.12. The van der Waals surface area contributed by atoms with Crippen LogP contribution in [-0.4, -0.2) is 16.2 Å². The number of hydrogen-bond donors (Lipinski definition) is 2. The third kappa shape index (κ3) is 1.72. The maximum atomic E-state index is 11.4. The first-order chi connectivity index (χ1) is 9.06. The molecular weight excluding hydrogens is 252 g/mol. The lowest BCUT2D eigenvalue weighted by atomic mass is 10.00. The Morgan fingerprint density at radius 2 is 2.00 bits per heavy atom. The number of rotatable bonds is 1. The highest BCUT2D eigenvalue weighted by molar-refractivity contribution is 6.08. The number of fused-ring (bicyclic) bond motifs is 2. The van der Waals surface area contributed by atoms with Crippen LogP contribution in [0.15, 0.2) is 45.6 Å². The predicted octanol–water partition coefficient (Wildman–Crippen LogP) is 2.30. The average molecular weight is 260 g/mol. The van der Waals surface area contributed by atoms with Crippen molar-refractivity contribution < 1.29 is 19.4 Å². The molecule has 5 heteroatoms. The fourth-order valence-electron chi connectivity index (χ4n) is 2.09. The van der Waals surface area contributed by atoms with Crippen molar-refractivity contribution in [1.82, 2.24) is 0 Å². The lowest BCUT2D eigenvalue weighted by molar-refractivity contribution is 0.0699. The number of phenols is 1. The number of benzene rings is 2. The lowest BCUT2D eigenvalue weighted by Gasteiger charge is -2.11. The molecule has 1 aromatic carbocycles. The summed E-state index contributed by atoms with van der Waals surface area (Å²) in [6.07, 6.45) is 0. The van der Waals surface area contributed by atoms with Crippen LogP contribution in [0.25, 0.3) is 22.3 Å². The molecule has 1 aliphatic carbocycles. The lowest BCUT2D eigenvalue weighted by Crippen LogP contribution is -2.05. The maximum Gasteiger partial charge on any atom is 0.337 e. The van der Waals surface area contributed by atoms with E-state index >= 15 is 0 Å². The van der Waals surface area contributed by atoms with Gasteiger partial charge < -0.3 is 14.6 Å². The molecule has 1 aliphatic heterocycles. The SMILES string of the molecule is O=c1ccc2c(C(=[18O])[18OH])c3ccc(O)cc3oc-2c1. The number of aromatic carboxylic acids is 1. The average Bonchev–Trinajstić information content (AvgIpc) is 2.35. The zero-order valence-electron chi connectivity index (χ0n) is 9.58. The molecule has 1 heterocycles. The van der Waals surface area contributed by atoms with E-state index in [1.54, 1.807) is 0 Å². The summed E-state index contributed by atoms with van der Waals surface area (Å²) in [5, 5.41) is 19.1. The van der Waals surface area contributed by atoms with E-state index in [1.165, 1.54) is 36.4 Å². The Balaban J connectivity index is 2.57. The van der Waals surface area contributed by atoms with Gasteiger partial charge in [-0.2, -0.15) is 0 Å². The fourth-order valence-corrected chi connectivity index (χ4v) is 2.09. The van der Waals surface area contributed by atoms with E-state index in [2.05, 4.69) is 0 Å². The molecule has 0 amide bonds. The molecule has 1 aromatic rings. The second-order valence-electron chi connectivity index (χ2n) is 4.12. The van der Waals surface area contributed by atoms with Gasteiger partial charge >= 0.3 is 5.97 Å². The molecule has 0 spiro atoms. The molecule has 19 heavy (non-hydrogen) atoms. The van der Waals surface area contributed by atoms with E-state index < -0.39 is 5.97 Å². The molecule has 0 fully saturated rings.